The number of hydrogen-bond acceptors (Lipinski definition) is 4. The van der Waals surface area contributed by atoms with E-state index in [0.29, 0.717) is 29.2 Å². The Morgan fingerprint density at radius 1 is 1.07 bits per heavy atom. The van der Waals surface area contributed by atoms with E-state index in [1.807, 2.05) is 39.0 Å². The Labute approximate surface area is 184 Å². The van der Waals surface area contributed by atoms with E-state index in [1.54, 1.807) is 0 Å². The lowest BCUT2D eigenvalue weighted by atomic mass is 10.1. The summed E-state index contributed by atoms with van der Waals surface area (Å²) < 4.78 is 25.0. The molecule has 0 heterocycles. The molecule has 0 aliphatic carbocycles. The van der Waals surface area contributed by atoms with Crippen LogP contribution in [0.25, 0.3) is 0 Å². The zero-order valence-corrected chi connectivity index (χ0v) is 18.8. The van der Waals surface area contributed by atoms with E-state index in [1.165, 1.54) is 12.1 Å². The maximum absolute atomic E-state index is 13.3. The van der Waals surface area contributed by atoms with Crippen LogP contribution in [0, 0.1) is 5.82 Å². The van der Waals surface area contributed by atoms with Crippen LogP contribution in [-0.4, -0.2) is 31.6 Å². The Morgan fingerprint density at radius 2 is 1.77 bits per heavy atom. The number of rotatable bonds is 10. The first kappa shape index (κ1) is 23.7. The third-order valence-electron chi connectivity index (χ3n) is 4.26. The lowest BCUT2D eigenvalue weighted by Gasteiger charge is -2.17. The van der Waals surface area contributed by atoms with Crippen molar-refractivity contribution in [3.63, 3.8) is 0 Å². The summed E-state index contributed by atoms with van der Waals surface area (Å²) in [6.45, 7) is 6.83. The molecular formula is C22H26BrFN2O4. The molecule has 0 saturated heterocycles. The number of hydrogen-bond donors (Lipinski definition) is 2. The maximum Gasteiger partial charge on any atom is 0.252 e. The molecule has 2 rings (SSSR count). The van der Waals surface area contributed by atoms with Crippen molar-refractivity contribution in [2.45, 2.75) is 33.2 Å². The standard InChI is InChI=1S/C22H26BrFN2O4/c1-4-29-19-9-6-15(12-20(19)30-5-2)14(3)26-21(27)10-11-25-22(28)17-13-16(24)7-8-18(17)23/h6-9,12-14H,4-5,10-11H2,1-3H3,(H,25,28)(H,26,27). The number of nitrogens with one attached hydrogen (secondary N) is 2. The SMILES string of the molecule is CCOc1ccc(C(C)NC(=O)CCNC(=O)c2cc(F)ccc2Br)cc1OCC. The summed E-state index contributed by atoms with van der Waals surface area (Å²) >= 11 is 3.22. The summed E-state index contributed by atoms with van der Waals surface area (Å²) in [4.78, 5) is 24.4. The fraction of sp³-hybridized carbons (Fsp3) is 0.364. The topological polar surface area (TPSA) is 76.7 Å². The van der Waals surface area contributed by atoms with Crippen molar-refractivity contribution in [3.05, 3.63) is 57.8 Å². The van der Waals surface area contributed by atoms with Gasteiger partial charge in [0.25, 0.3) is 5.91 Å². The molecule has 0 saturated carbocycles. The van der Waals surface area contributed by atoms with E-state index < -0.39 is 11.7 Å². The van der Waals surface area contributed by atoms with Crippen LogP contribution in [0.4, 0.5) is 4.39 Å². The van der Waals surface area contributed by atoms with Gasteiger partial charge in [-0.2, -0.15) is 0 Å². The molecule has 0 aromatic heterocycles. The summed E-state index contributed by atoms with van der Waals surface area (Å²) in [5.41, 5.74) is 1.06. The fourth-order valence-electron chi connectivity index (χ4n) is 2.79. The van der Waals surface area contributed by atoms with Gasteiger partial charge in [-0.25, -0.2) is 4.39 Å². The molecule has 2 aromatic carbocycles. The van der Waals surface area contributed by atoms with Crippen molar-refractivity contribution < 1.29 is 23.5 Å². The van der Waals surface area contributed by atoms with E-state index in [0.717, 1.165) is 11.6 Å². The Hall–Kier alpha value is -2.61. The molecule has 1 unspecified atom stereocenters. The first-order chi connectivity index (χ1) is 14.3. The summed E-state index contributed by atoms with van der Waals surface area (Å²) in [7, 11) is 0. The molecule has 8 heteroatoms. The van der Waals surface area contributed by atoms with Crippen LogP contribution >= 0.6 is 15.9 Å². The summed E-state index contributed by atoms with van der Waals surface area (Å²) in [6, 6.07) is 9.16. The minimum Gasteiger partial charge on any atom is -0.490 e. The highest BCUT2D eigenvalue weighted by atomic mass is 79.9. The lowest BCUT2D eigenvalue weighted by molar-refractivity contribution is -0.121. The molecule has 1 atom stereocenters. The molecule has 6 nitrogen and oxygen atoms in total. The summed E-state index contributed by atoms with van der Waals surface area (Å²) in [5.74, 6) is 0.124. The van der Waals surface area contributed by atoms with E-state index >= 15 is 0 Å². The first-order valence-electron chi connectivity index (χ1n) is 9.77. The highest BCUT2D eigenvalue weighted by Gasteiger charge is 2.15. The van der Waals surface area contributed by atoms with Crippen LogP contribution in [0.5, 0.6) is 11.5 Å². The van der Waals surface area contributed by atoms with E-state index in [9.17, 15) is 14.0 Å². The molecular weight excluding hydrogens is 455 g/mol. The van der Waals surface area contributed by atoms with Crippen molar-refractivity contribution in [3.8, 4) is 11.5 Å². The fourth-order valence-corrected chi connectivity index (χ4v) is 3.22. The molecule has 0 spiro atoms. The van der Waals surface area contributed by atoms with Gasteiger partial charge < -0.3 is 20.1 Å². The normalized spacial score (nSPS) is 11.5. The molecule has 0 radical (unpaired) electrons. The van der Waals surface area contributed by atoms with Gasteiger partial charge in [0.05, 0.1) is 24.8 Å². The molecule has 0 aliphatic rings. The van der Waals surface area contributed by atoms with Gasteiger partial charge in [0.1, 0.15) is 5.82 Å². The number of benzene rings is 2. The zero-order valence-electron chi connectivity index (χ0n) is 17.3. The highest BCUT2D eigenvalue weighted by Crippen LogP contribution is 2.30. The van der Waals surface area contributed by atoms with Gasteiger partial charge in [-0.05, 0) is 72.6 Å². The van der Waals surface area contributed by atoms with E-state index in [-0.39, 0.29) is 30.5 Å². The Kier molecular flexibility index (Phi) is 9.11. The quantitative estimate of drug-likeness (QED) is 0.528. The van der Waals surface area contributed by atoms with Crippen LogP contribution in [0.3, 0.4) is 0 Å². The number of carbonyl (C=O) groups is 2. The largest absolute Gasteiger partial charge is 0.490 e. The molecule has 162 valence electrons. The number of halogens is 2. The minimum absolute atomic E-state index is 0.0956. The first-order valence-corrected chi connectivity index (χ1v) is 10.6. The van der Waals surface area contributed by atoms with Crippen LogP contribution in [-0.2, 0) is 4.79 Å². The molecule has 0 fully saturated rings. The van der Waals surface area contributed by atoms with Gasteiger partial charge in [0.2, 0.25) is 5.91 Å². The predicted octanol–water partition coefficient (Wildman–Crippen LogP) is 4.38. The Morgan fingerprint density at radius 3 is 2.47 bits per heavy atom. The second-order valence-corrected chi connectivity index (χ2v) is 7.35. The van der Waals surface area contributed by atoms with Gasteiger partial charge in [-0.15, -0.1) is 0 Å². The van der Waals surface area contributed by atoms with Crippen molar-refractivity contribution in [2.24, 2.45) is 0 Å². The monoisotopic (exact) mass is 480 g/mol. The summed E-state index contributed by atoms with van der Waals surface area (Å²) in [5, 5.41) is 5.52. The number of ether oxygens (including phenoxy) is 2. The Bertz CT molecular complexity index is 891. The van der Waals surface area contributed by atoms with Gasteiger partial charge >= 0.3 is 0 Å². The van der Waals surface area contributed by atoms with Crippen LogP contribution in [0.2, 0.25) is 0 Å². The van der Waals surface area contributed by atoms with Crippen molar-refractivity contribution in [1.82, 2.24) is 10.6 Å². The number of amides is 2. The summed E-state index contributed by atoms with van der Waals surface area (Å²) in [6.07, 6.45) is 0.0956. The molecule has 2 amide bonds. The molecule has 2 N–H and O–H groups in total. The molecule has 0 bridgehead atoms. The second-order valence-electron chi connectivity index (χ2n) is 6.49. The van der Waals surface area contributed by atoms with E-state index in [4.69, 9.17) is 9.47 Å². The Balaban J connectivity index is 1.89. The molecule has 30 heavy (non-hydrogen) atoms. The smallest absolute Gasteiger partial charge is 0.252 e. The van der Waals surface area contributed by atoms with Gasteiger partial charge in [0, 0.05) is 17.4 Å². The third-order valence-corrected chi connectivity index (χ3v) is 4.95. The molecule has 2 aromatic rings. The van der Waals surface area contributed by atoms with Gasteiger partial charge in [0.15, 0.2) is 11.5 Å². The van der Waals surface area contributed by atoms with Crippen LogP contribution in [0.1, 0.15) is 49.2 Å². The van der Waals surface area contributed by atoms with Gasteiger partial charge in [-0.3, -0.25) is 9.59 Å². The molecule has 0 aliphatic heterocycles. The van der Waals surface area contributed by atoms with Crippen molar-refractivity contribution in [1.29, 1.82) is 0 Å². The average molecular weight is 481 g/mol. The second kappa shape index (κ2) is 11.5. The predicted molar refractivity (Wildman–Crippen MR) is 116 cm³/mol. The minimum atomic E-state index is -0.503. The number of carbonyl (C=O) groups excluding carboxylic acids is 2. The lowest BCUT2D eigenvalue weighted by Crippen LogP contribution is -2.32. The van der Waals surface area contributed by atoms with Crippen molar-refractivity contribution in [2.75, 3.05) is 19.8 Å². The van der Waals surface area contributed by atoms with Crippen molar-refractivity contribution >= 4 is 27.7 Å². The van der Waals surface area contributed by atoms with Crippen LogP contribution < -0.4 is 20.1 Å². The van der Waals surface area contributed by atoms with E-state index in [2.05, 4.69) is 26.6 Å². The average Bonchev–Trinajstić information content (AvgIpc) is 2.71. The zero-order chi connectivity index (χ0) is 22.1. The third kappa shape index (κ3) is 6.73. The van der Waals surface area contributed by atoms with Gasteiger partial charge in [-0.1, -0.05) is 6.07 Å². The maximum atomic E-state index is 13.3. The van der Waals surface area contributed by atoms with Crippen LogP contribution in [0.15, 0.2) is 40.9 Å². The highest BCUT2D eigenvalue weighted by molar-refractivity contribution is 9.10.